The second kappa shape index (κ2) is 4.17. The van der Waals surface area contributed by atoms with Gasteiger partial charge in [0.1, 0.15) is 0 Å². The molecule has 0 amide bonds. The molecule has 0 bridgehead atoms. The molecule has 1 saturated heterocycles. The average molecular weight is 239 g/mol. The van der Waals surface area contributed by atoms with Gasteiger partial charge >= 0.3 is 6.18 Å². The molecule has 88 valence electrons. The summed E-state index contributed by atoms with van der Waals surface area (Å²) in [6.07, 6.45) is -0.765. The minimum Gasteiger partial charge on any atom is -0.303 e. The van der Waals surface area contributed by atoms with Gasteiger partial charge in [-0.3, -0.25) is 0 Å². The fourth-order valence-corrected chi connectivity index (χ4v) is 4.01. The Bertz CT molecular complexity index is 218. The first-order chi connectivity index (χ1) is 7.02. The lowest BCUT2D eigenvalue weighted by Crippen LogP contribution is -2.51. The molecule has 0 aromatic carbocycles. The predicted octanol–water partition coefficient (Wildman–Crippen LogP) is 3.16. The van der Waals surface area contributed by atoms with Crippen molar-refractivity contribution in [2.45, 2.75) is 43.2 Å². The maximum absolute atomic E-state index is 12.6. The van der Waals surface area contributed by atoms with E-state index in [4.69, 9.17) is 0 Å². The van der Waals surface area contributed by atoms with Crippen LogP contribution in [0.15, 0.2) is 0 Å². The van der Waals surface area contributed by atoms with Crippen molar-refractivity contribution < 1.29 is 13.2 Å². The first-order valence-electron chi connectivity index (χ1n) is 5.48. The van der Waals surface area contributed by atoms with Gasteiger partial charge in [0.15, 0.2) is 0 Å². The third kappa shape index (κ3) is 2.61. The number of thioether (sulfide) groups is 1. The zero-order chi connectivity index (χ0) is 10.9. The van der Waals surface area contributed by atoms with Crippen molar-refractivity contribution in [1.82, 2.24) is 5.32 Å². The highest BCUT2D eigenvalue weighted by Crippen LogP contribution is 2.47. The zero-order valence-electron chi connectivity index (χ0n) is 8.57. The number of alkyl halides is 3. The second-order valence-corrected chi connectivity index (χ2v) is 5.94. The van der Waals surface area contributed by atoms with Gasteiger partial charge in [0.2, 0.25) is 0 Å². The highest BCUT2D eigenvalue weighted by atomic mass is 32.2. The molecule has 1 saturated carbocycles. The van der Waals surface area contributed by atoms with E-state index in [2.05, 4.69) is 5.32 Å². The lowest BCUT2D eigenvalue weighted by Gasteiger charge is -2.44. The maximum atomic E-state index is 12.6. The maximum Gasteiger partial charge on any atom is 0.391 e. The van der Waals surface area contributed by atoms with E-state index < -0.39 is 12.1 Å². The Morgan fingerprint density at radius 1 is 1.27 bits per heavy atom. The van der Waals surface area contributed by atoms with Gasteiger partial charge in [0.25, 0.3) is 0 Å². The number of rotatable bonds is 0. The van der Waals surface area contributed by atoms with E-state index in [0.29, 0.717) is 12.8 Å². The molecule has 2 aliphatic rings. The molecule has 1 nitrogen and oxygen atoms in total. The Morgan fingerprint density at radius 2 is 2.07 bits per heavy atom. The van der Waals surface area contributed by atoms with Crippen molar-refractivity contribution in [3.8, 4) is 0 Å². The fraction of sp³-hybridized carbons (Fsp3) is 1.00. The monoisotopic (exact) mass is 239 g/mol. The smallest absolute Gasteiger partial charge is 0.303 e. The molecular weight excluding hydrogens is 223 g/mol. The molecular formula is C10H16F3NS. The summed E-state index contributed by atoms with van der Waals surface area (Å²) in [4.78, 5) is -0.267. The van der Waals surface area contributed by atoms with Crippen LogP contribution in [0, 0.1) is 5.92 Å². The van der Waals surface area contributed by atoms with E-state index >= 15 is 0 Å². The van der Waals surface area contributed by atoms with Gasteiger partial charge in [-0.1, -0.05) is 6.42 Å². The quantitative estimate of drug-likeness (QED) is 0.697. The molecule has 15 heavy (non-hydrogen) atoms. The molecule has 1 aliphatic heterocycles. The first kappa shape index (κ1) is 11.6. The molecule has 1 heterocycles. The van der Waals surface area contributed by atoms with Gasteiger partial charge in [-0.2, -0.15) is 13.2 Å². The van der Waals surface area contributed by atoms with Crippen LogP contribution in [0.1, 0.15) is 32.1 Å². The van der Waals surface area contributed by atoms with Crippen LogP contribution >= 0.6 is 11.8 Å². The molecule has 0 radical (unpaired) electrons. The Labute approximate surface area is 92.2 Å². The third-order valence-electron chi connectivity index (χ3n) is 3.32. The molecule has 0 aromatic heterocycles. The summed E-state index contributed by atoms with van der Waals surface area (Å²) in [5, 5.41) is 3.30. The van der Waals surface area contributed by atoms with Crippen molar-refractivity contribution in [3.05, 3.63) is 0 Å². The number of halogens is 3. The topological polar surface area (TPSA) is 12.0 Å². The van der Waals surface area contributed by atoms with Crippen molar-refractivity contribution >= 4 is 11.8 Å². The highest BCUT2D eigenvalue weighted by Gasteiger charge is 2.48. The van der Waals surface area contributed by atoms with Crippen LogP contribution < -0.4 is 5.32 Å². The third-order valence-corrected chi connectivity index (χ3v) is 4.88. The largest absolute Gasteiger partial charge is 0.391 e. The number of nitrogens with one attached hydrogen (secondary N) is 1. The van der Waals surface area contributed by atoms with E-state index in [1.807, 2.05) is 0 Å². The van der Waals surface area contributed by atoms with E-state index in [1.165, 1.54) is 0 Å². The summed E-state index contributed by atoms with van der Waals surface area (Å²) in [5.74, 6) is -0.0956. The van der Waals surface area contributed by atoms with Crippen LogP contribution in [0.3, 0.4) is 0 Å². The Hall–Kier alpha value is 0.100. The van der Waals surface area contributed by atoms with Crippen LogP contribution in [0.2, 0.25) is 0 Å². The van der Waals surface area contributed by atoms with Crippen LogP contribution in [-0.2, 0) is 0 Å². The molecule has 2 atom stereocenters. The van der Waals surface area contributed by atoms with E-state index in [9.17, 15) is 13.2 Å². The van der Waals surface area contributed by atoms with Gasteiger partial charge in [-0.15, -0.1) is 11.8 Å². The van der Waals surface area contributed by atoms with E-state index in [-0.39, 0.29) is 11.3 Å². The number of hydrogen-bond donors (Lipinski definition) is 1. The minimum absolute atomic E-state index is 0.265. The van der Waals surface area contributed by atoms with Crippen molar-refractivity contribution in [2.75, 3.05) is 12.3 Å². The SMILES string of the molecule is FC(F)(F)C1CCCC2(C1)NCCCS2. The van der Waals surface area contributed by atoms with Gasteiger partial charge in [-0.05, 0) is 38.0 Å². The molecule has 1 N–H and O–H groups in total. The molecule has 1 spiro atoms. The Morgan fingerprint density at radius 3 is 2.67 bits per heavy atom. The number of hydrogen-bond acceptors (Lipinski definition) is 2. The van der Waals surface area contributed by atoms with Crippen LogP contribution in [-0.4, -0.2) is 23.3 Å². The first-order valence-corrected chi connectivity index (χ1v) is 6.46. The van der Waals surface area contributed by atoms with Gasteiger partial charge in [0, 0.05) is 0 Å². The summed E-state index contributed by atoms with van der Waals surface area (Å²) >= 11 is 1.70. The summed E-state index contributed by atoms with van der Waals surface area (Å²) in [6.45, 7) is 0.873. The molecule has 0 aromatic rings. The normalized spacial score (nSPS) is 38.2. The van der Waals surface area contributed by atoms with Crippen LogP contribution in [0.5, 0.6) is 0 Å². The lowest BCUT2D eigenvalue weighted by molar-refractivity contribution is -0.185. The summed E-state index contributed by atoms with van der Waals surface area (Å²) in [6, 6.07) is 0. The second-order valence-electron chi connectivity index (χ2n) is 4.46. The Balaban J connectivity index is 2.02. The van der Waals surface area contributed by atoms with Crippen LogP contribution in [0.4, 0.5) is 13.2 Å². The molecule has 1 aliphatic carbocycles. The summed E-state index contributed by atoms with van der Waals surface area (Å²) in [7, 11) is 0. The average Bonchev–Trinajstić information content (AvgIpc) is 2.18. The molecule has 2 unspecified atom stereocenters. The Kier molecular flexibility index (Phi) is 3.22. The highest BCUT2D eigenvalue weighted by molar-refractivity contribution is 8.00. The summed E-state index contributed by atoms with van der Waals surface area (Å²) < 4.78 is 37.9. The van der Waals surface area contributed by atoms with Gasteiger partial charge in [-0.25, -0.2) is 0 Å². The molecule has 2 fully saturated rings. The van der Waals surface area contributed by atoms with Crippen molar-refractivity contribution in [2.24, 2.45) is 5.92 Å². The van der Waals surface area contributed by atoms with Crippen LogP contribution in [0.25, 0.3) is 0 Å². The van der Waals surface area contributed by atoms with Gasteiger partial charge < -0.3 is 5.32 Å². The lowest BCUT2D eigenvalue weighted by atomic mass is 9.84. The molecule has 5 heteroatoms. The van der Waals surface area contributed by atoms with E-state index in [0.717, 1.165) is 25.1 Å². The predicted molar refractivity (Wildman–Crippen MR) is 55.8 cm³/mol. The standard InChI is InChI=1S/C10H16F3NS/c11-10(12,13)8-3-1-4-9(7-8)14-5-2-6-15-9/h8,14H,1-7H2. The molecule has 2 rings (SSSR count). The van der Waals surface area contributed by atoms with Crippen molar-refractivity contribution in [1.29, 1.82) is 0 Å². The van der Waals surface area contributed by atoms with E-state index in [1.54, 1.807) is 11.8 Å². The zero-order valence-corrected chi connectivity index (χ0v) is 9.39. The minimum atomic E-state index is -4.01. The van der Waals surface area contributed by atoms with Crippen molar-refractivity contribution in [3.63, 3.8) is 0 Å². The van der Waals surface area contributed by atoms with Gasteiger partial charge in [0.05, 0.1) is 10.8 Å². The summed E-state index contributed by atoms with van der Waals surface area (Å²) in [5.41, 5.74) is 0. The fourth-order valence-electron chi connectivity index (χ4n) is 2.51.